The van der Waals surface area contributed by atoms with Gasteiger partial charge in [0.2, 0.25) is 5.91 Å². The van der Waals surface area contributed by atoms with E-state index in [9.17, 15) is 4.79 Å². The Hall–Kier alpha value is -1.35. The average Bonchev–Trinajstić information content (AvgIpc) is 2.84. The highest BCUT2D eigenvalue weighted by molar-refractivity contribution is 5.78. The van der Waals surface area contributed by atoms with Crippen LogP contribution in [0.2, 0.25) is 0 Å². The molecule has 0 spiro atoms. The fourth-order valence-electron chi connectivity index (χ4n) is 2.73. The molecule has 2 N–H and O–H groups in total. The molecule has 3 heteroatoms. The molecule has 2 aliphatic rings. The summed E-state index contributed by atoms with van der Waals surface area (Å²) in [5.41, 5.74) is 2.91. The van der Waals surface area contributed by atoms with Gasteiger partial charge in [-0.2, -0.15) is 0 Å². The zero-order chi connectivity index (χ0) is 11.0. The molecule has 0 radical (unpaired) electrons. The minimum absolute atomic E-state index is 0.174. The Balaban J connectivity index is 1.62. The molecule has 1 aromatic rings. The van der Waals surface area contributed by atoms with Gasteiger partial charge in [-0.05, 0) is 24.0 Å². The maximum Gasteiger partial charge on any atom is 0.221 e. The molecule has 84 valence electrons. The second-order valence-corrected chi connectivity index (χ2v) is 4.75. The minimum Gasteiger partial charge on any atom is -0.354 e. The summed E-state index contributed by atoms with van der Waals surface area (Å²) in [5.74, 6) is 0.174. The van der Waals surface area contributed by atoms with E-state index in [1.807, 2.05) is 0 Å². The Bertz CT molecular complexity index is 391. The van der Waals surface area contributed by atoms with Crippen molar-refractivity contribution in [1.82, 2.24) is 10.6 Å². The Morgan fingerprint density at radius 1 is 1.06 bits per heavy atom. The average molecular weight is 216 g/mol. The number of carbonyl (C=O) groups is 1. The number of fused-ring (bicyclic) bond motifs is 1. The summed E-state index contributed by atoms with van der Waals surface area (Å²) in [5, 5.41) is 6.44. The maximum atomic E-state index is 11.1. The topological polar surface area (TPSA) is 41.1 Å². The quantitative estimate of drug-likeness (QED) is 0.761. The van der Waals surface area contributed by atoms with Crippen LogP contribution in [-0.2, 0) is 17.6 Å². The largest absolute Gasteiger partial charge is 0.354 e. The molecule has 3 rings (SSSR count). The first kappa shape index (κ1) is 9.85. The van der Waals surface area contributed by atoms with Gasteiger partial charge in [-0.25, -0.2) is 0 Å². The second-order valence-electron chi connectivity index (χ2n) is 4.75. The molecular formula is C13H16N2O. The molecule has 1 atom stereocenters. The minimum atomic E-state index is 0.174. The Morgan fingerprint density at radius 2 is 1.75 bits per heavy atom. The summed E-state index contributed by atoms with van der Waals surface area (Å²) in [6, 6.07) is 9.44. The molecular weight excluding hydrogens is 200 g/mol. The van der Waals surface area contributed by atoms with E-state index in [0.29, 0.717) is 18.5 Å². The SMILES string of the molecule is O=C1CC(NC2Cc3ccccc3C2)CN1. The van der Waals surface area contributed by atoms with Crippen molar-refractivity contribution in [2.75, 3.05) is 6.54 Å². The van der Waals surface area contributed by atoms with Crippen molar-refractivity contribution >= 4 is 5.91 Å². The fourth-order valence-corrected chi connectivity index (χ4v) is 2.73. The molecule has 1 aromatic carbocycles. The molecule has 1 aliphatic heterocycles. The molecule has 1 aliphatic carbocycles. The summed E-state index contributed by atoms with van der Waals surface area (Å²) in [6.45, 7) is 0.783. The van der Waals surface area contributed by atoms with Gasteiger partial charge in [-0.1, -0.05) is 24.3 Å². The Kier molecular flexibility index (Phi) is 2.40. The van der Waals surface area contributed by atoms with Crippen molar-refractivity contribution in [1.29, 1.82) is 0 Å². The van der Waals surface area contributed by atoms with E-state index in [-0.39, 0.29) is 5.91 Å². The molecule has 1 fully saturated rings. The van der Waals surface area contributed by atoms with Gasteiger partial charge in [0.05, 0.1) is 0 Å². The van der Waals surface area contributed by atoms with Gasteiger partial charge in [0, 0.05) is 25.0 Å². The van der Waals surface area contributed by atoms with Crippen LogP contribution in [0.5, 0.6) is 0 Å². The lowest BCUT2D eigenvalue weighted by molar-refractivity contribution is -0.119. The number of nitrogens with one attached hydrogen (secondary N) is 2. The smallest absolute Gasteiger partial charge is 0.221 e. The van der Waals surface area contributed by atoms with Crippen LogP contribution in [0.15, 0.2) is 24.3 Å². The molecule has 1 amide bonds. The zero-order valence-electron chi connectivity index (χ0n) is 9.20. The predicted octanol–water partition coefficient (Wildman–Crippen LogP) is 0.632. The van der Waals surface area contributed by atoms with Crippen molar-refractivity contribution in [3.8, 4) is 0 Å². The van der Waals surface area contributed by atoms with E-state index in [1.165, 1.54) is 11.1 Å². The van der Waals surface area contributed by atoms with Gasteiger partial charge in [-0.15, -0.1) is 0 Å². The van der Waals surface area contributed by atoms with Crippen molar-refractivity contribution in [3.63, 3.8) is 0 Å². The summed E-state index contributed by atoms with van der Waals surface area (Å²) >= 11 is 0. The van der Waals surface area contributed by atoms with E-state index in [2.05, 4.69) is 34.9 Å². The second kappa shape index (κ2) is 3.91. The Morgan fingerprint density at radius 3 is 2.31 bits per heavy atom. The van der Waals surface area contributed by atoms with Crippen molar-refractivity contribution in [2.24, 2.45) is 0 Å². The third kappa shape index (κ3) is 1.83. The highest BCUT2D eigenvalue weighted by Gasteiger charge is 2.27. The predicted molar refractivity (Wildman–Crippen MR) is 62.2 cm³/mol. The monoisotopic (exact) mass is 216 g/mol. The fraction of sp³-hybridized carbons (Fsp3) is 0.462. The summed E-state index contributed by atoms with van der Waals surface area (Å²) in [7, 11) is 0. The maximum absolute atomic E-state index is 11.1. The van der Waals surface area contributed by atoms with Crippen LogP contribution in [0.4, 0.5) is 0 Å². The van der Waals surface area contributed by atoms with E-state index in [0.717, 1.165) is 19.4 Å². The van der Waals surface area contributed by atoms with Crippen molar-refractivity contribution in [3.05, 3.63) is 35.4 Å². The number of rotatable bonds is 2. The van der Waals surface area contributed by atoms with Gasteiger partial charge in [0.15, 0.2) is 0 Å². The number of benzene rings is 1. The third-order valence-electron chi connectivity index (χ3n) is 3.50. The molecule has 1 saturated heterocycles. The Labute approximate surface area is 95.2 Å². The van der Waals surface area contributed by atoms with Crippen molar-refractivity contribution in [2.45, 2.75) is 31.3 Å². The third-order valence-corrected chi connectivity index (χ3v) is 3.50. The number of hydrogen-bond acceptors (Lipinski definition) is 2. The van der Waals surface area contributed by atoms with Gasteiger partial charge < -0.3 is 10.6 Å². The molecule has 0 saturated carbocycles. The van der Waals surface area contributed by atoms with Crippen LogP contribution >= 0.6 is 0 Å². The van der Waals surface area contributed by atoms with Gasteiger partial charge in [-0.3, -0.25) is 4.79 Å². The van der Waals surface area contributed by atoms with E-state index < -0.39 is 0 Å². The van der Waals surface area contributed by atoms with E-state index in [4.69, 9.17) is 0 Å². The van der Waals surface area contributed by atoms with Gasteiger partial charge in [0.25, 0.3) is 0 Å². The first-order chi connectivity index (χ1) is 7.81. The summed E-state index contributed by atoms with van der Waals surface area (Å²) in [6.07, 6.45) is 2.83. The van der Waals surface area contributed by atoms with Crippen LogP contribution in [0.1, 0.15) is 17.5 Å². The van der Waals surface area contributed by atoms with Crippen LogP contribution in [-0.4, -0.2) is 24.5 Å². The van der Waals surface area contributed by atoms with Crippen LogP contribution in [0.3, 0.4) is 0 Å². The first-order valence-electron chi connectivity index (χ1n) is 5.91. The van der Waals surface area contributed by atoms with Crippen LogP contribution in [0, 0.1) is 0 Å². The number of carbonyl (C=O) groups excluding carboxylic acids is 1. The lowest BCUT2D eigenvalue weighted by atomic mass is 10.1. The van der Waals surface area contributed by atoms with Crippen LogP contribution in [0.25, 0.3) is 0 Å². The number of hydrogen-bond donors (Lipinski definition) is 2. The lowest BCUT2D eigenvalue weighted by Crippen LogP contribution is -2.40. The van der Waals surface area contributed by atoms with Gasteiger partial charge in [0.1, 0.15) is 0 Å². The standard InChI is InChI=1S/C13H16N2O/c16-13-7-12(8-14-13)15-11-5-9-3-1-2-4-10(9)6-11/h1-4,11-12,15H,5-8H2,(H,14,16). The molecule has 1 heterocycles. The van der Waals surface area contributed by atoms with E-state index >= 15 is 0 Å². The molecule has 3 nitrogen and oxygen atoms in total. The van der Waals surface area contributed by atoms with Crippen molar-refractivity contribution < 1.29 is 4.79 Å². The molecule has 0 aromatic heterocycles. The van der Waals surface area contributed by atoms with Gasteiger partial charge >= 0.3 is 0 Å². The summed E-state index contributed by atoms with van der Waals surface area (Å²) in [4.78, 5) is 11.1. The summed E-state index contributed by atoms with van der Waals surface area (Å²) < 4.78 is 0. The normalized spacial score (nSPS) is 24.5. The zero-order valence-corrected chi connectivity index (χ0v) is 9.20. The first-order valence-corrected chi connectivity index (χ1v) is 5.91. The van der Waals surface area contributed by atoms with E-state index in [1.54, 1.807) is 0 Å². The lowest BCUT2D eigenvalue weighted by Gasteiger charge is -2.16. The molecule has 0 bridgehead atoms. The molecule has 16 heavy (non-hydrogen) atoms. The highest BCUT2D eigenvalue weighted by atomic mass is 16.1. The van der Waals surface area contributed by atoms with Crippen LogP contribution < -0.4 is 10.6 Å². The highest BCUT2D eigenvalue weighted by Crippen LogP contribution is 2.22. The molecule has 1 unspecified atom stereocenters. The number of amides is 1.